The van der Waals surface area contributed by atoms with Gasteiger partial charge in [-0.2, -0.15) is 0 Å². The van der Waals surface area contributed by atoms with Crippen molar-refractivity contribution in [1.82, 2.24) is 5.32 Å². The van der Waals surface area contributed by atoms with Gasteiger partial charge in [-0.25, -0.2) is 0 Å². The fourth-order valence-electron chi connectivity index (χ4n) is 1.07. The van der Waals surface area contributed by atoms with Crippen molar-refractivity contribution >= 4 is 11.9 Å². The summed E-state index contributed by atoms with van der Waals surface area (Å²) in [7, 11) is 1.29. The number of rotatable bonds is 11. The Balaban J connectivity index is 3.22. The van der Waals surface area contributed by atoms with Crippen molar-refractivity contribution in [2.75, 3.05) is 46.6 Å². The first-order chi connectivity index (χ1) is 8.70. The van der Waals surface area contributed by atoms with E-state index in [2.05, 4.69) is 10.1 Å². The topological polar surface area (TPSA) is 99.9 Å². The molecule has 106 valence electrons. The third-order valence-corrected chi connectivity index (χ3v) is 1.99. The molecule has 0 saturated heterocycles. The van der Waals surface area contributed by atoms with E-state index in [1.54, 1.807) is 0 Å². The molecule has 0 saturated carbocycles. The summed E-state index contributed by atoms with van der Waals surface area (Å²) in [5.74, 6) is -0.582. The van der Waals surface area contributed by atoms with Crippen LogP contribution >= 0.6 is 0 Å². The van der Waals surface area contributed by atoms with Gasteiger partial charge in [-0.3, -0.25) is 9.59 Å². The quantitative estimate of drug-likeness (QED) is 0.368. The molecule has 0 aliphatic rings. The van der Waals surface area contributed by atoms with Crippen molar-refractivity contribution in [1.29, 1.82) is 0 Å². The minimum atomic E-state index is -0.390. The third-order valence-electron chi connectivity index (χ3n) is 1.99. The van der Waals surface area contributed by atoms with Gasteiger partial charge in [0.05, 0.1) is 40.0 Å². The second kappa shape index (κ2) is 12.3. The molecule has 0 fully saturated rings. The van der Waals surface area contributed by atoms with E-state index in [1.165, 1.54) is 7.11 Å². The van der Waals surface area contributed by atoms with Crippen molar-refractivity contribution in [2.24, 2.45) is 5.73 Å². The third kappa shape index (κ3) is 11.3. The number of methoxy groups -OCH3 is 1. The Labute approximate surface area is 107 Å². The van der Waals surface area contributed by atoms with Crippen molar-refractivity contribution in [3.05, 3.63) is 0 Å². The van der Waals surface area contributed by atoms with Gasteiger partial charge in [-0.1, -0.05) is 0 Å². The molecule has 0 aromatic rings. The molecular formula is C11H22N2O5. The molecule has 0 aromatic heterocycles. The highest BCUT2D eigenvalue weighted by Gasteiger charge is 2.05. The molecule has 0 aliphatic carbocycles. The first kappa shape index (κ1) is 16.8. The Bertz CT molecular complexity index is 235. The van der Waals surface area contributed by atoms with Crippen LogP contribution in [0, 0.1) is 0 Å². The van der Waals surface area contributed by atoms with Crippen molar-refractivity contribution in [3.63, 3.8) is 0 Å². The van der Waals surface area contributed by atoms with Crippen molar-refractivity contribution in [3.8, 4) is 0 Å². The number of nitrogens with one attached hydrogen (secondary N) is 1. The lowest BCUT2D eigenvalue weighted by Gasteiger charge is -2.06. The van der Waals surface area contributed by atoms with E-state index in [-0.39, 0.29) is 18.7 Å². The average Bonchev–Trinajstić information content (AvgIpc) is 2.39. The largest absolute Gasteiger partial charge is 0.469 e. The number of nitrogens with two attached hydrogens (primary N) is 1. The molecule has 1 amide bonds. The maximum atomic E-state index is 11.2. The zero-order chi connectivity index (χ0) is 13.6. The monoisotopic (exact) mass is 262 g/mol. The van der Waals surface area contributed by atoms with E-state index in [9.17, 15) is 9.59 Å². The zero-order valence-corrected chi connectivity index (χ0v) is 10.8. The summed E-state index contributed by atoms with van der Waals surface area (Å²) >= 11 is 0. The van der Waals surface area contributed by atoms with Crippen LogP contribution in [0.2, 0.25) is 0 Å². The summed E-state index contributed by atoms with van der Waals surface area (Å²) in [5.41, 5.74) is 5.24. The van der Waals surface area contributed by atoms with Gasteiger partial charge < -0.3 is 25.3 Å². The Hall–Kier alpha value is -1.18. The lowest BCUT2D eigenvalue weighted by molar-refractivity contribution is -0.142. The second-order valence-corrected chi connectivity index (χ2v) is 3.44. The minimum absolute atomic E-state index is 0.0934. The maximum Gasteiger partial charge on any atom is 0.306 e. The van der Waals surface area contributed by atoms with Gasteiger partial charge in [0.2, 0.25) is 5.91 Å². The number of carbonyl (C=O) groups excluding carboxylic acids is 2. The summed E-state index contributed by atoms with van der Waals surface area (Å²) < 4.78 is 14.7. The molecule has 0 rings (SSSR count). The molecule has 18 heavy (non-hydrogen) atoms. The lowest BCUT2D eigenvalue weighted by atomic mass is 10.3. The van der Waals surface area contributed by atoms with Crippen LogP contribution in [-0.4, -0.2) is 58.5 Å². The number of ether oxygens (including phenoxy) is 3. The molecule has 0 heterocycles. The van der Waals surface area contributed by atoms with Gasteiger partial charge in [0.25, 0.3) is 0 Å². The summed E-state index contributed by atoms with van der Waals surface area (Å²) in [4.78, 5) is 22.0. The number of amides is 1. The first-order valence-electron chi connectivity index (χ1n) is 5.89. The molecule has 0 radical (unpaired) electrons. The average molecular weight is 262 g/mol. The smallest absolute Gasteiger partial charge is 0.306 e. The Morgan fingerprint density at radius 3 is 2.33 bits per heavy atom. The van der Waals surface area contributed by atoms with Crippen LogP contribution in [0.3, 0.4) is 0 Å². The van der Waals surface area contributed by atoms with Crippen molar-refractivity contribution < 1.29 is 23.8 Å². The lowest BCUT2D eigenvalue weighted by Crippen LogP contribution is -2.28. The molecule has 0 bridgehead atoms. The molecule has 0 atom stereocenters. The van der Waals surface area contributed by atoms with Gasteiger partial charge >= 0.3 is 5.97 Å². The van der Waals surface area contributed by atoms with Crippen LogP contribution in [0.4, 0.5) is 0 Å². The fourth-order valence-corrected chi connectivity index (χ4v) is 1.07. The van der Waals surface area contributed by atoms with E-state index >= 15 is 0 Å². The number of hydrogen-bond donors (Lipinski definition) is 2. The molecule has 0 aromatic carbocycles. The number of hydrogen-bond acceptors (Lipinski definition) is 6. The Morgan fingerprint density at radius 2 is 1.72 bits per heavy atom. The number of esters is 1. The van der Waals surface area contributed by atoms with Gasteiger partial charge in [0, 0.05) is 19.5 Å². The van der Waals surface area contributed by atoms with Crippen LogP contribution in [0.15, 0.2) is 0 Å². The normalized spacial score (nSPS) is 10.1. The Morgan fingerprint density at radius 1 is 1.06 bits per heavy atom. The molecule has 7 heteroatoms. The van der Waals surface area contributed by atoms with Crippen LogP contribution < -0.4 is 11.1 Å². The summed E-state index contributed by atoms with van der Waals surface area (Å²) in [6.45, 7) is 2.81. The zero-order valence-electron chi connectivity index (χ0n) is 10.8. The highest BCUT2D eigenvalue weighted by molar-refractivity contribution is 5.81. The minimum Gasteiger partial charge on any atom is -0.469 e. The highest BCUT2D eigenvalue weighted by Crippen LogP contribution is 1.91. The standard InChI is InChI=1S/C11H22N2O5/c1-16-11(15)3-2-10(14)13-5-7-18-9-8-17-6-4-12/h2-9,12H2,1H3,(H,13,14). The van der Waals surface area contributed by atoms with Gasteiger partial charge in [-0.05, 0) is 0 Å². The predicted octanol–water partition coefficient (Wildman–Crippen LogP) is -0.952. The summed E-state index contributed by atoms with van der Waals surface area (Å²) in [6.07, 6.45) is 0.225. The predicted molar refractivity (Wildman–Crippen MR) is 65.0 cm³/mol. The highest BCUT2D eigenvalue weighted by atomic mass is 16.5. The van der Waals surface area contributed by atoms with Crippen LogP contribution in [-0.2, 0) is 23.8 Å². The van der Waals surface area contributed by atoms with Crippen molar-refractivity contribution in [2.45, 2.75) is 12.8 Å². The number of carbonyl (C=O) groups is 2. The van der Waals surface area contributed by atoms with Crippen LogP contribution in [0.1, 0.15) is 12.8 Å². The molecule has 3 N–H and O–H groups in total. The van der Waals surface area contributed by atoms with E-state index < -0.39 is 5.97 Å². The van der Waals surface area contributed by atoms with Gasteiger partial charge in [-0.15, -0.1) is 0 Å². The SMILES string of the molecule is COC(=O)CCC(=O)NCCOCCOCCN. The molecule has 0 unspecified atom stereocenters. The second-order valence-electron chi connectivity index (χ2n) is 3.44. The van der Waals surface area contributed by atoms with E-state index in [4.69, 9.17) is 15.2 Å². The van der Waals surface area contributed by atoms with E-state index in [0.29, 0.717) is 39.5 Å². The van der Waals surface area contributed by atoms with Crippen LogP contribution in [0.25, 0.3) is 0 Å². The van der Waals surface area contributed by atoms with E-state index in [1.807, 2.05) is 0 Å². The molecule has 0 aliphatic heterocycles. The molecule has 0 spiro atoms. The van der Waals surface area contributed by atoms with Gasteiger partial charge in [0.15, 0.2) is 0 Å². The summed E-state index contributed by atoms with van der Waals surface area (Å²) in [6, 6.07) is 0. The maximum absolute atomic E-state index is 11.2. The fraction of sp³-hybridized carbons (Fsp3) is 0.818. The first-order valence-corrected chi connectivity index (χ1v) is 5.89. The molecule has 7 nitrogen and oxygen atoms in total. The summed E-state index contributed by atoms with van der Waals surface area (Å²) in [5, 5.41) is 2.63. The molecular weight excluding hydrogens is 240 g/mol. The van der Waals surface area contributed by atoms with Gasteiger partial charge in [0.1, 0.15) is 0 Å². The van der Waals surface area contributed by atoms with Crippen LogP contribution in [0.5, 0.6) is 0 Å². The van der Waals surface area contributed by atoms with E-state index in [0.717, 1.165) is 0 Å². The Kier molecular flexibility index (Phi) is 11.5.